The Kier molecular flexibility index (Phi) is 30.4. The van der Waals surface area contributed by atoms with E-state index in [2.05, 4.69) is 19.2 Å². The molecule has 2 aliphatic rings. The summed E-state index contributed by atoms with van der Waals surface area (Å²) in [5, 5.41) is 86.4. The lowest BCUT2D eigenvalue weighted by molar-refractivity contribution is -0.359. The Morgan fingerprint density at radius 2 is 1.05 bits per heavy atom. The number of carbonyl (C=O) groups excluding carboxylic acids is 1. The van der Waals surface area contributed by atoms with E-state index in [0.717, 1.165) is 38.5 Å². The van der Waals surface area contributed by atoms with Gasteiger partial charge in [0.2, 0.25) is 5.91 Å². The quantitative estimate of drug-likeness (QED) is 0.0308. The fraction of sp³-hybridized carbons (Fsp3) is 0.933. The fourth-order valence-corrected chi connectivity index (χ4v) is 7.82. The topological polar surface area (TPSA) is 228 Å². The maximum absolute atomic E-state index is 13.0. The van der Waals surface area contributed by atoms with E-state index in [1.165, 1.54) is 109 Å². The first-order valence-corrected chi connectivity index (χ1v) is 23.4. The second-order valence-corrected chi connectivity index (χ2v) is 16.9. The van der Waals surface area contributed by atoms with Crippen molar-refractivity contribution in [3.05, 3.63) is 12.2 Å². The number of unbranched alkanes of at least 4 members (excludes halogenated alkanes) is 22. The second-order valence-electron chi connectivity index (χ2n) is 16.9. The molecule has 348 valence electrons. The molecule has 14 heteroatoms. The zero-order chi connectivity index (χ0) is 43.3. The normalized spacial score (nSPS) is 28.6. The molecule has 59 heavy (non-hydrogen) atoms. The van der Waals surface area contributed by atoms with Gasteiger partial charge >= 0.3 is 0 Å². The van der Waals surface area contributed by atoms with Crippen molar-refractivity contribution in [2.45, 2.75) is 248 Å². The fourth-order valence-electron chi connectivity index (χ4n) is 7.82. The summed E-state index contributed by atoms with van der Waals surface area (Å²) in [4.78, 5) is 13.0. The molecule has 2 rings (SSSR count). The van der Waals surface area contributed by atoms with Gasteiger partial charge < -0.3 is 65.1 Å². The first-order valence-electron chi connectivity index (χ1n) is 23.4. The number of aliphatic hydroxyl groups is 8. The van der Waals surface area contributed by atoms with E-state index in [-0.39, 0.29) is 18.9 Å². The third-order valence-corrected chi connectivity index (χ3v) is 11.7. The molecule has 9 N–H and O–H groups in total. The molecular weight excluding hydrogens is 762 g/mol. The molecule has 0 aromatic carbocycles. The summed E-state index contributed by atoms with van der Waals surface area (Å²) in [5.74, 6) is -0.245. The molecule has 2 aliphatic heterocycles. The van der Waals surface area contributed by atoms with Crippen LogP contribution in [0.1, 0.15) is 174 Å². The van der Waals surface area contributed by atoms with Gasteiger partial charge in [0.25, 0.3) is 0 Å². The van der Waals surface area contributed by atoms with Crippen LogP contribution in [0.5, 0.6) is 0 Å². The van der Waals surface area contributed by atoms with Crippen molar-refractivity contribution in [2.24, 2.45) is 0 Å². The van der Waals surface area contributed by atoms with Gasteiger partial charge in [-0.25, -0.2) is 0 Å². The van der Waals surface area contributed by atoms with Gasteiger partial charge in [-0.15, -0.1) is 0 Å². The van der Waals surface area contributed by atoms with Gasteiger partial charge in [0.1, 0.15) is 48.8 Å². The van der Waals surface area contributed by atoms with Crippen molar-refractivity contribution in [3.63, 3.8) is 0 Å². The largest absolute Gasteiger partial charge is 0.394 e. The highest BCUT2D eigenvalue weighted by atomic mass is 16.7. The summed E-state index contributed by atoms with van der Waals surface area (Å²) < 4.78 is 22.6. The third kappa shape index (κ3) is 21.6. The minimum Gasteiger partial charge on any atom is -0.394 e. The number of nitrogens with one attached hydrogen (secondary N) is 1. The molecule has 14 nitrogen and oxygen atoms in total. The molecule has 0 saturated carbocycles. The van der Waals surface area contributed by atoms with Crippen LogP contribution in [0.4, 0.5) is 0 Å². The van der Waals surface area contributed by atoms with Crippen molar-refractivity contribution in [2.75, 3.05) is 19.8 Å². The van der Waals surface area contributed by atoms with Crippen LogP contribution in [0.15, 0.2) is 12.2 Å². The maximum atomic E-state index is 13.0. The van der Waals surface area contributed by atoms with E-state index in [9.17, 15) is 45.6 Å². The number of hydrogen-bond donors (Lipinski definition) is 9. The monoisotopic (exact) mass is 848 g/mol. The van der Waals surface area contributed by atoms with Gasteiger partial charge in [0, 0.05) is 6.42 Å². The van der Waals surface area contributed by atoms with Gasteiger partial charge in [0.15, 0.2) is 12.6 Å². The number of hydrogen-bond acceptors (Lipinski definition) is 13. The predicted octanol–water partition coefficient (Wildman–Crippen LogP) is 4.82. The molecule has 0 radical (unpaired) electrons. The van der Waals surface area contributed by atoms with Crippen LogP contribution in [0.3, 0.4) is 0 Å². The Morgan fingerprint density at radius 3 is 1.56 bits per heavy atom. The van der Waals surface area contributed by atoms with Gasteiger partial charge in [0.05, 0.1) is 32.0 Å². The average molecular weight is 848 g/mol. The highest BCUT2D eigenvalue weighted by Gasteiger charge is 2.50. The third-order valence-electron chi connectivity index (χ3n) is 11.7. The Morgan fingerprint density at radius 1 is 0.593 bits per heavy atom. The molecule has 2 heterocycles. The number of carbonyl (C=O) groups is 1. The first kappa shape index (κ1) is 53.9. The molecule has 2 fully saturated rings. The number of aliphatic hydroxyl groups excluding tert-OH is 8. The number of amides is 1. The van der Waals surface area contributed by atoms with Crippen molar-refractivity contribution >= 4 is 5.91 Å². The van der Waals surface area contributed by atoms with Crippen LogP contribution in [-0.4, -0.2) is 140 Å². The lowest BCUT2D eigenvalue weighted by atomic mass is 9.97. The number of allylic oxidation sites excluding steroid dienone is 1. The van der Waals surface area contributed by atoms with Crippen molar-refractivity contribution < 1.29 is 64.6 Å². The molecule has 0 bridgehead atoms. The Hall–Kier alpha value is -1.27. The summed E-state index contributed by atoms with van der Waals surface area (Å²) in [6, 6.07) is -0.905. The minimum absolute atomic E-state index is 0.245. The standard InChI is InChI=1S/C45H85NO13/c1-3-5-7-9-11-13-14-15-16-17-18-19-20-21-22-24-26-28-34(49)33(46-37(50)29-27-25-23-12-10-8-6-4-2)32-56-44-42(55)40(53)43(36(31-48)58-44)59-45-41(54)39(52)38(51)35(30-47)57-45/h26,28,33-36,38-45,47-49,51-55H,3-25,27,29-32H2,1-2H3,(H,46,50)/b28-26+/t33-,34+,35+,36+,38-,39?,40?,41?,42?,43+,44+,45-/m0/s1. The smallest absolute Gasteiger partial charge is 0.220 e. The average Bonchev–Trinajstić information content (AvgIpc) is 3.23. The predicted molar refractivity (Wildman–Crippen MR) is 226 cm³/mol. The van der Waals surface area contributed by atoms with E-state index < -0.39 is 86.8 Å². The molecule has 0 aromatic rings. The van der Waals surface area contributed by atoms with Gasteiger partial charge in [-0.3, -0.25) is 4.79 Å². The lowest BCUT2D eigenvalue weighted by Gasteiger charge is -2.46. The Labute approximate surface area is 355 Å². The van der Waals surface area contributed by atoms with E-state index >= 15 is 0 Å². The number of ether oxygens (including phenoxy) is 4. The minimum atomic E-state index is -1.78. The second kappa shape index (κ2) is 33.3. The summed E-state index contributed by atoms with van der Waals surface area (Å²) in [5.41, 5.74) is 0. The van der Waals surface area contributed by atoms with E-state index in [1.54, 1.807) is 6.08 Å². The Bertz CT molecular complexity index is 1050. The van der Waals surface area contributed by atoms with Gasteiger partial charge in [-0.05, 0) is 19.3 Å². The molecular formula is C45H85NO13. The highest BCUT2D eigenvalue weighted by molar-refractivity contribution is 5.76. The zero-order valence-electron chi connectivity index (χ0n) is 36.5. The molecule has 0 spiro atoms. The first-order chi connectivity index (χ1) is 28.6. The van der Waals surface area contributed by atoms with Gasteiger partial charge in [-0.2, -0.15) is 0 Å². The molecule has 0 aliphatic carbocycles. The number of rotatable bonds is 35. The molecule has 2 saturated heterocycles. The van der Waals surface area contributed by atoms with Crippen LogP contribution >= 0.6 is 0 Å². The molecule has 1 amide bonds. The SMILES string of the molecule is CCCCCCCCCCCCCCCCC/C=C/[C@@H](O)[C@H](CO[C@@H]1O[C@H](CO)[C@@H](O[C@@H]2O[C@H](CO)[C@H](O)C(O)C2O)C(O)C1O)NC(=O)CCCCCCCCCC. The van der Waals surface area contributed by atoms with Crippen molar-refractivity contribution in [3.8, 4) is 0 Å². The van der Waals surface area contributed by atoms with E-state index in [1.807, 2.05) is 6.08 Å². The zero-order valence-corrected chi connectivity index (χ0v) is 36.5. The van der Waals surface area contributed by atoms with Crippen LogP contribution in [0.2, 0.25) is 0 Å². The maximum Gasteiger partial charge on any atom is 0.220 e. The van der Waals surface area contributed by atoms with E-state index in [4.69, 9.17) is 18.9 Å². The molecule has 4 unspecified atom stereocenters. The molecule has 0 aromatic heterocycles. The van der Waals surface area contributed by atoms with Gasteiger partial charge in [-0.1, -0.05) is 161 Å². The summed E-state index contributed by atoms with van der Waals surface area (Å²) >= 11 is 0. The van der Waals surface area contributed by atoms with Crippen LogP contribution in [-0.2, 0) is 23.7 Å². The van der Waals surface area contributed by atoms with Crippen molar-refractivity contribution in [1.82, 2.24) is 5.32 Å². The van der Waals surface area contributed by atoms with Crippen LogP contribution in [0, 0.1) is 0 Å². The van der Waals surface area contributed by atoms with Crippen LogP contribution in [0.25, 0.3) is 0 Å². The summed E-state index contributed by atoms with van der Waals surface area (Å²) in [7, 11) is 0. The summed E-state index contributed by atoms with van der Waals surface area (Å²) in [6.45, 7) is 2.73. The highest BCUT2D eigenvalue weighted by Crippen LogP contribution is 2.30. The van der Waals surface area contributed by atoms with Crippen molar-refractivity contribution in [1.29, 1.82) is 0 Å². The molecule has 12 atom stereocenters. The Balaban J connectivity index is 1.86. The van der Waals surface area contributed by atoms with E-state index in [0.29, 0.717) is 6.42 Å². The van der Waals surface area contributed by atoms with Crippen LogP contribution < -0.4 is 5.32 Å². The summed E-state index contributed by atoms with van der Waals surface area (Å²) in [6.07, 6.45) is 15.6. The lowest BCUT2D eigenvalue weighted by Crippen LogP contribution is -2.65.